The van der Waals surface area contributed by atoms with Gasteiger partial charge < -0.3 is 15.5 Å². The van der Waals surface area contributed by atoms with E-state index in [0.29, 0.717) is 4.90 Å². The van der Waals surface area contributed by atoms with Crippen LogP contribution >= 0.6 is 0 Å². The lowest BCUT2D eigenvalue weighted by Gasteiger charge is -2.21. The first kappa shape index (κ1) is 23.4. The van der Waals surface area contributed by atoms with Gasteiger partial charge in [0.15, 0.2) is 12.6 Å². The van der Waals surface area contributed by atoms with E-state index in [1.54, 1.807) is 14.0 Å². The summed E-state index contributed by atoms with van der Waals surface area (Å²) in [6, 6.07) is 7.76. The highest BCUT2D eigenvalue weighted by Gasteiger charge is 2.31. The van der Waals surface area contributed by atoms with Crippen molar-refractivity contribution in [2.24, 2.45) is 0 Å². The monoisotopic (exact) mass is 422 g/mol. The average molecular weight is 422 g/mol. The molecule has 0 saturated carbocycles. The Labute approximate surface area is 174 Å². The fourth-order valence-corrected chi connectivity index (χ4v) is 3.21. The number of anilines is 2. The van der Waals surface area contributed by atoms with Gasteiger partial charge in [-0.1, -0.05) is 23.8 Å². The second kappa shape index (κ2) is 9.30. The van der Waals surface area contributed by atoms with E-state index in [2.05, 4.69) is 10.6 Å². The van der Waals surface area contributed by atoms with E-state index in [4.69, 9.17) is 0 Å². The number of nitrogens with one attached hydrogen (secondary N) is 3. The summed E-state index contributed by atoms with van der Waals surface area (Å²) < 4.78 is 38.5. The van der Waals surface area contributed by atoms with Gasteiger partial charge in [0, 0.05) is 11.4 Å². The van der Waals surface area contributed by atoms with Crippen molar-refractivity contribution in [1.29, 1.82) is 0 Å². The zero-order chi connectivity index (χ0) is 22.6. The van der Waals surface area contributed by atoms with Crippen LogP contribution in [0.2, 0.25) is 0 Å². The SMILES string of the molecule is Cc1cc(C)c(NC(=O)C[NH+](C)[C@@H](C)C(=O)Nc2cccc(C(F)(F)F)c2)c(C)c1. The quantitative estimate of drug-likeness (QED) is 0.670. The fourth-order valence-electron chi connectivity index (χ4n) is 3.21. The number of hydrogen-bond donors (Lipinski definition) is 3. The predicted molar refractivity (Wildman–Crippen MR) is 111 cm³/mol. The van der Waals surface area contributed by atoms with Crippen LogP contribution in [0.3, 0.4) is 0 Å². The van der Waals surface area contributed by atoms with E-state index in [1.165, 1.54) is 12.1 Å². The average Bonchev–Trinajstić information content (AvgIpc) is 2.63. The lowest BCUT2D eigenvalue weighted by atomic mass is 10.1. The Bertz CT molecular complexity index is 918. The molecule has 0 fully saturated rings. The summed E-state index contributed by atoms with van der Waals surface area (Å²) in [5, 5.41) is 5.38. The molecule has 0 aliphatic carbocycles. The fraction of sp³-hybridized carbons (Fsp3) is 0.364. The highest BCUT2D eigenvalue weighted by Crippen LogP contribution is 2.30. The standard InChI is InChI=1S/C22H26F3N3O2/c1-13-9-14(2)20(15(3)10-13)27-19(29)12-28(5)16(4)21(30)26-18-8-6-7-17(11-18)22(23,24)25/h6-11,16H,12H2,1-5H3,(H,26,30)(H,27,29)/p+1/t16-/m0/s1. The van der Waals surface area contributed by atoms with Crippen LogP contribution in [0.25, 0.3) is 0 Å². The maximum absolute atomic E-state index is 12.8. The van der Waals surface area contributed by atoms with Crippen molar-refractivity contribution >= 4 is 23.2 Å². The van der Waals surface area contributed by atoms with Gasteiger partial charge in [-0.05, 0) is 57.0 Å². The molecule has 0 bridgehead atoms. The molecule has 2 aromatic carbocycles. The first-order chi connectivity index (χ1) is 13.9. The highest BCUT2D eigenvalue weighted by atomic mass is 19.4. The first-order valence-electron chi connectivity index (χ1n) is 9.56. The number of halogens is 3. The molecule has 0 heterocycles. The maximum Gasteiger partial charge on any atom is 0.416 e. The number of carbonyl (C=O) groups is 2. The molecule has 2 aromatic rings. The number of aryl methyl sites for hydroxylation is 3. The zero-order valence-electron chi connectivity index (χ0n) is 17.7. The van der Waals surface area contributed by atoms with Gasteiger partial charge in [0.2, 0.25) is 0 Å². The minimum atomic E-state index is -4.49. The Morgan fingerprint density at radius 3 is 2.20 bits per heavy atom. The summed E-state index contributed by atoms with van der Waals surface area (Å²) in [4.78, 5) is 25.5. The third-order valence-corrected chi connectivity index (χ3v) is 4.97. The zero-order valence-corrected chi connectivity index (χ0v) is 17.7. The van der Waals surface area contributed by atoms with Gasteiger partial charge in [0.25, 0.3) is 11.8 Å². The van der Waals surface area contributed by atoms with Crippen molar-refractivity contribution in [3.8, 4) is 0 Å². The third-order valence-electron chi connectivity index (χ3n) is 4.97. The van der Waals surface area contributed by atoms with Crippen LogP contribution in [0, 0.1) is 20.8 Å². The topological polar surface area (TPSA) is 62.6 Å². The molecule has 2 amide bonds. The van der Waals surface area contributed by atoms with Crippen LogP contribution in [0.15, 0.2) is 36.4 Å². The van der Waals surface area contributed by atoms with Crippen molar-refractivity contribution in [2.45, 2.75) is 39.9 Å². The Kier molecular flexibility index (Phi) is 7.25. The molecule has 2 atom stereocenters. The van der Waals surface area contributed by atoms with Gasteiger partial charge in [-0.3, -0.25) is 9.59 Å². The first-order valence-corrected chi connectivity index (χ1v) is 9.56. The van der Waals surface area contributed by atoms with Crippen molar-refractivity contribution in [2.75, 3.05) is 24.2 Å². The molecule has 1 unspecified atom stereocenters. The normalized spacial score (nSPS) is 13.5. The Morgan fingerprint density at radius 1 is 1.03 bits per heavy atom. The van der Waals surface area contributed by atoms with Gasteiger partial charge in [-0.25, -0.2) is 0 Å². The molecule has 0 spiro atoms. The number of rotatable bonds is 6. The summed E-state index contributed by atoms with van der Waals surface area (Å²) in [7, 11) is 1.69. The Balaban J connectivity index is 1.99. The van der Waals surface area contributed by atoms with E-state index in [1.807, 2.05) is 32.9 Å². The number of quaternary nitrogens is 1. The minimum absolute atomic E-state index is 0.0317. The lowest BCUT2D eigenvalue weighted by Crippen LogP contribution is -3.14. The number of alkyl halides is 3. The molecular formula is C22H27F3N3O2+. The number of carbonyl (C=O) groups excluding carboxylic acids is 2. The van der Waals surface area contributed by atoms with Crippen LogP contribution < -0.4 is 15.5 Å². The smallest absolute Gasteiger partial charge is 0.321 e. The van der Waals surface area contributed by atoms with Gasteiger partial charge in [0.1, 0.15) is 0 Å². The van der Waals surface area contributed by atoms with Gasteiger partial charge >= 0.3 is 6.18 Å². The second-order valence-electron chi connectivity index (χ2n) is 7.63. The summed E-state index contributed by atoms with van der Waals surface area (Å²) in [5.41, 5.74) is 2.98. The van der Waals surface area contributed by atoms with Crippen LogP contribution in [0.1, 0.15) is 29.2 Å². The predicted octanol–water partition coefficient (Wildman–Crippen LogP) is 3.11. The summed E-state index contributed by atoms with van der Waals surface area (Å²) >= 11 is 0. The van der Waals surface area contributed by atoms with E-state index in [-0.39, 0.29) is 18.1 Å². The van der Waals surface area contributed by atoms with Crippen molar-refractivity contribution in [3.63, 3.8) is 0 Å². The van der Waals surface area contributed by atoms with E-state index in [0.717, 1.165) is 34.5 Å². The van der Waals surface area contributed by atoms with Gasteiger partial charge in [-0.2, -0.15) is 13.2 Å². The highest BCUT2D eigenvalue weighted by molar-refractivity contribution is 5.95. The second-order valence-corrected chi connectivity index (χ2v) is 7.63. The number of benzene rings is 2. The van der Waals surface area contributed by atoms with Crippen molar-refractivity contribution in [1.82, 2.24) is 0 Å². The van der Waals surface area contributed by atoms with Crippen LogP contribution in [-0.2, 0) is 15.8 Å². The summed E-state index contributed by atoms with van der Waals surface area (Å²) in [5.74, 6) is -0.719. The van der Waals surface area contributed by atoms with Gasteiger partial charge in [-0.15, -0.1) is 0 Å². The lowest BCUT2D eigenvalue weighted by molar-refractivity contribution is -0.885. The number of likely N-dealkylation sites (N-methyl/N-ethyl adjacent to an activating group) is 1. The van der Waals surface area contributed by atoms with Crippen molar-refractivity contribution in [3.05, 3.63) is 58.7 Å². The Morgan fingerprint density at radius 2 is 1.63 bits per heavy atom. The molecule has 3 N–H and O–H groups in total. The maximum atomic E-state index is 12.8. The largest absolute Gasteiger partial charge is 0.416 e. The van der Waals surface area contributed by atoms with Crippen molar-refractivity contribution < 1.29 is 27.7 Å². The number of hydrogen-bond acceptors (Lipinski definition) is 2. The summed E-state index contributed by atoms with van der Waals surface area (Å²) in [6.07, 6.45) is -4.49. The minimum Gasteiger partial charge on any atom is -0.321 e. The molecule has 0 aromatic heterocycles. The molecule has 0 radical (unpaired) electrons. The molecular weight excluding hydrogens is 395 g/mol. The molecule has 0 saturated heterocycles. The van der Waals surface area contributed by atoms with Crippen LogP contribution in [0.4, 0.5) is 24.5 Å². The molecule has 2 rings (SSSR count). The molecule has 162 valence electrons. The van der Waals surface area contributed by atoms with E-state index >= 15 is 0 Å². The van der Waals surface area contributed by atoms with E-state index < -0.39 is 23.7 Å². The molecule has 30 heavy (non-hydrogen) atoms. The van der Waals surface area contributed by atoms with E-state index in [9.17, 15) is 22.8 Å². The number of amides is 2. The molecule has 0 aliphatic heterocycles. The van der Waals surface area contributed by atoms with Crippen LogP contribution in [0.5, 0.6) is 0 Å². The Hall–Kier alpha value is -2.87. The summed E-state index contributed by atoms with van der Waals surface area (Å²) in [6.45, 7) is 7.46. The van der Waals surface area contributed by atoms with Crippen LogP contribution in [-0.4, -0.2) is 31.4 Å². The van der Waals surface area contributed by atoms with Gasteiger partial charge in [0.05, 0.1) is 12.6 Å². The molecule has 8 heteroatoms. The molecule has 0 aliphatic rings. The molecule has 5 nitrogen and oxygen atoms in total. The third kappa shape index (κ3) is 6.06.